The molecule has 5 nitrogen and oxygen atoms in total. The fraction of sp³-hybridized carbons (Fsp3) is 0.200. The number of amides is 2. The number of H-pyrrole nitrogens is 1. The van der Waals surface area contributed by atoms with Gasteiger partial charge in [0.15, 0.2) is 11.6 Å². The Labute approximate surface area is 154 Å². The van der Waals surface area contributed by atoms with Crippen LogP contribution >= 0.6 is 0 Å². The first kappa shape index (κ1) is 17.2. The number of benzene rings is 2. The first-order valence-electron chi connectivity index (χ1n) is 8.64. The zero-order chi connectivity index (χ0) is 19.0. The number of carbonyl (C=O) groups is 2. The molecule has 7 heteroatoms. The summed E-state index contributed by atoms with van der Waals surface area (Å²) in [5.41, 5.74) is 1.51. The second-order valence-corrected chi connectivity index (χ2v) is 6.48. The Morgan fingerprint density at radius 1 is 0.815 bits per heavy atom. The fourth-order valence-corrected chi connectivity index (χ4v) is 3.28. The number of aromatic amines is 1. The SMILES string of the molecule is O=C(c1ccc(F)c(F)c1)N1CCN(C(=O)c2cc3ccccc3[nH]2)CC1. The van der Waals surface area contributed by atoms with Gasteiger partial charge in [-0.1, -0.05) is 18.2 Å². The van der Waals surface area contributed by atoms with E-state index >= 15 is 0 Å². The van der Waals surface area contributed by atoms with Gasteiger partial charge >= 0.3 is 0 Å². The molecule has 3 aromatic rings. The summed E-state index contributed by atoms with van der Waals surface area (Å²) in [5, 5.41) is 0.966. The molecule has 27 heavy (non-hydrogen) atoms. The molecule has 0 unspecified atom stereocenters. The third-order valence-corrected chi connectivity index (χ3v) is 4.78. The van der Waals surface area contributed by atoms with Crippen LogP contribution in [0.5, 0.6) is 0 Å². The number of hydrogen-bond donors (Lipinski definition) is 1. The molecule has 0 radical (unpaired) electrons. The summed E-state index contributed by atoms with van der Waals surface area (Å²) in [6, 6.07) is 12.6. The van der Waals surface area contributed by atoms with Crippen molar-refractivity contribution in [1.29, 1.82) is 0 Å². The highest BCUT2D eigenvalue weighted by Crippen LogP contribution is 2.18. The van der Waals surface area contributed by atoms with E-state index < -0.39 is 11.6 Å². The molecule has 0 bridgehead atoms. The molecular formula is C20H17F2N3O2. The predicted molar refractivity (Wildman–Crippen MR) is 96.5 cm³/mol. The Morgan fingerprint density at radius 3 is 2.15 bits per heavy atom. The molecule has 1 saturated heterocycles. The Balaban J connectivity index is 1.42. The molecule has 4 rings (SSSR count). The molecule has 1 aliphatic rings. The van der Waals surface area contributed by atoms with Crippen LogP contribution in [-0.4, -0.2) is 52.8 Å². The zero-order valence-corrected chi connectivity index (χ0v) is 14.4. The van der Waals surface area contributed by atoms with E-state index in [-0.39, 0.29) is 17.4 Å². The molecule has 2 amide bonds. The summed E-state index contributed by atoms with van der Waals surface area (Å²) in [6.45, 7) is 1.43. The van der Waals surface area contributed by atoms with Gasteiger partial charge in [0, 0.05) is 42.6 Å². The van der Waals surface area contributed by atoms with Crippen LogP contribution in [0.2, 0.25) is 0 Å². The molecule has 1 aromatic heterocycles. The van der Waals surface area contributed by atoms with Crippen LogP contribution in [-0.2, 0) is 0 Å². The van der Waals surface area contributed by atoms with E-state index in [1.807, 2.05) is 30.3 Å². The number of para-hydroxylation sites is 1. The van der Waals surface area contributed by atoms with Crippen LogP contribution in [0.4, 0.5) is 8.78 Å². The average molecular weight is 369 g/mol. The minimum atomic E-state index is -1.05. The van der Waals surface area contributed by atoms with Crippen molar-refractivity contribution in [2.45, 2.75) is 0 Å². The average Bonchev–Trinajstić information content (AvgIpc) is 3.13. The standard InChI is InChI=1S/C20H17F2N3O2/c21-15-6-5-14(11-16(15)22)19(26)24-7-9-25(10-8-24)20(27)18-12-13-3-1-2-4-17(13)23-18/h1-6,11-12,23H,7-10H2. The number of piperazine rings is 1. The number of fused-ring (bicyclic) bond motifs is 1. The first-order chi connectivity index (χ1) is 13.0. The van der Waals surface area contributed by atoms with Crippen molar-refractivity contribution in [3.8, 4) is 0 Å². The number of nitrogens with one attached hydrogen (secondary N) is 1. The molecule has 1 N–H and O–H groups in total. The van der Waals surface area contributed by atoms with Crippen molar-refractivity contribution in [3.05, 3.63) is 71.4 Å². The number of rotatable bonds is 2. The lowest BCUT2D eigenvalue weighted by Crippen LogP contribution is -2.50. The largest absolute Gasteiger partial charge is 0.351 e. The fourth-order valence-electron chi connectivity index (χ4n) is 3.28. The van der Waals surface area contributed by atoms with E-state index in [0.29, 0.717) is 31.9 Å². The van der Waals surface area contributed by atoms with Gasteiger partial charge in [0.1, 0.15) is 5.69 Å². The minimum absolute atomic E-state index is 0.101. The quantitative estimate of drug-likeness (QED) is 0.755. The topological polar surface area (TPSA) is 56.4 Å². The van der Waals surface area contributed by atoms with E-state index in [1.165, 1.54) is 6.07 Å². The Bertz CT molecular complexity index is 990. The van der Waals surface area contributed by atoms with Gasteiger partial charge in [-0.2, -0.15) is 0 Å². The number of halogens is 2. The second kappa shape index (κ2) is 6.83. The molecule has 0 spiro atoms. The normalized spacial score (nSPS) is 14.6. The van der Waals surface area contributed by atoms with Gasteiger partial charge in [0.2, 0.25) is 0 Å². The third kappa shape index (κ3) is 3.28. The molecule has 1 fully saturated rings. The molecule has 0 aliphatic carbocycles. The predicted octanol–water partition coefficient (Wildman–Crippen LogP) is 3.04. The number of aromatic nitrogens is 1. The molecule has 2 aromatic carbocycles. The zero-order valence-electron chi connectivity index (χ0n) is 14.4. The molecule has 0 saturated carbocycles. The maximum absolute atomic E-state index is 13.3. The number of carbonyl (C=O) groups excluding carboxylic acids is 2. The van der Waals surface area contributed by atoms with Gasteiger partial charge in [0.25, 0.3) is 11.8 Å². The lowest BCUT2D eigenvalue weighted by Gasteiger charge is -2.34. The number of hydrogen-bond acceptors (Lipinski definition) is 2. The maximum Gasteiger partial charge on any atom is 0.270 e. The van der Waals surface area contributed by atoms with Gasteiger partial charge in [0.05, 0.1) is 0 Å². The summed E-state index contributed by atoms with van der Waals surface area (Å²) in [4.78, 5) is 31.5. The highest BCUT2D eigenvalue weighted by molar-refractivity contribution is 5.98. The Kier molecular flexibility index (Phi) is 4.35. The van der Waals surface area contributed by atoms with Crippen LogP contribution in [0.1, 0.15) is 20.8 Å². The van der Waals surface area contributed by atoms with Crippen molar-refractivity contribution < 1.29 is 18.4 Å². The van der Waals surface area contributed by atoms with E-state index in [1.54, 1.807) is 9.80 Å². The lowest BCUT2D eigenvalue weighted by molar-refractivity contribution is 0.0532. The van der Waals surface area contributed by atoms with Gasteiger partial charge in [-0.05, 0) is 30.3 Å². The summed E-state index contributed by atoms with van der Waals surface area (Å²) in [6.07, 6.45) is 0. The van der Waals surface area contributed by atoms with E-state index in [2.05, 4.69) is 4.98 Å². The Hall–Kier alpha value is -3.22. The van der Waals surface area contributed by atoms with Gasteiger partial charge in [-0.15, -0.1) is 0 Å². The smallest absolute Gasteiger partial charge is 0.270 e. The molecular weight excluding hydrogens is 352 g/mol. The van der Waals surface area contributed by atoms with Crippen LogP contribution in [0.15, 0.2) is 48.5 Å². The summed E-state index contributed by atoms with van der Waals surface area (Å²) in [7, 11) is 0. The Morgan fingerprint density at radius 2 is 1.48 bits per heavy atom. The van der Waals surface area contributed by atoms with Crippen LogP contribution in [0.25, 0.3) is 10.9 Å². The van der Waals surface area contributed by atoms with Gasteiger partial charge < -0.3 is 14.8 Å². The van der Waals surface area contributed by atoms with Gasteiger partial charge in [-0.3, -0.25) is 9.59 Å². The van der Waals surface area contributed by atoms with E-state index in [9.17, 15) is 18.4 Å². The molecule has 138 valence electrons. The van der Waals surface area contributed by atoms with Crippen molar-refractivity contribution in [3.63, 3.8) is 0 Å². The van der Waals surface area contributed by atoms with Crippen molar-refractivity contribution in [1.82, 2.24) is 14.8 Å². The van der Waals surface area contributed by atoms with Crippen LogP contribution < -0.4 is 0 Å². The molecule has 0 atom stereocenters. The summed E-state index contributed by atoms with van der Waals surface area (Å²) in [5.74, 6) is -2.52. The molecule has 2 heterocycles. The van der Waals surface area contributed by atoms with Crippen LogP contribution in [0, 0.1) is 11.6 Å². The number of nitrogens with zero attached hydrogens (tertiary/aromatic N) is 2. The van der Waals surface area contributed by atoms with E-state index in [0.717, 1.165) is 23.0 Å². The third-order valence-electron chi connectivity index (χ3n) is 4.78. The van der Waals surface area contributed by atoms with Crippen molar-refractivity contribution >= 4 is 22.7 Å². The summed E-state index contributed by atoms with van der Waals surface area (Å²) >= 11 is 0. The van der Waals surface area contributed by atoms with Crippen molar-refractivity contribution in [2.24, 2.45) is 0 Å². The first-order valence-corrected chi connectivity index (χ1v) is 8.64. The highest BCUT2D eigenvalue weighted by Gasteiger charge is 2.26. The van der Waals surface area contributed by atoms with E-state index in [4.69, 9.17) is 0 Å². The van der Waals surface area contributed by atoms with Crippen LogP contribution in [0.3, 0.4) is 0 Å². The highest BCUT2D eigenvalue weighted by atomic mass is 19.2. The molecule has 1 aliphatic heterocycles. The second-order valence-electron chi connectivity index (χ2n) is 6.48. The monoisotopic (exact) mass is 369 g/mol. The lowest BCUT2D eigenvalue weighted by atomic mass is 10.1. The summed E-state index contributed by atoms with van der Waals surface area (Å²) < 4.78 is 26.4. The van der Waals surface area contributed by atoms with Crippen molar-refractivity contribution in [2.75, 3.05) is 26.2 Å². The van der Waals surface area contributed by atoms with Gasteiger partial charge in [-0.25, -0.2) is 8.78 Å². The minimum Gasteiger partial charge on any atom is -0.351 e. The maximum atomic E-state index is 13.3.